The molecule has 0 spiro atoms. The number of aromatic nitrogens is 1. The summed E-state index contributed by atoms with van der Waals surface area (Å²) < 4.78 is 1.88. The average Bonchev–Trinajstić information content (AvgIpc) is 2.46. The number of rotatable bonds is 4. The lowest BCUT2D eigenvalue weighted by atomic mass is 10.0. The maximum absolute atomic E-state index is 12.8. The molecule has 1 aromatic heterocycles. The van der Waals surface area contributed by atoms with Gasteiger partial charge in [0.2, 0.25) is 0 Å². The van der Waals surface area contributed by atoms with Crippen molar-refractivity contribution in [2.45, 2.75) is 46.2 Å². The normalized spacial score (nSPS) is 14.0. The van der Waals surface area contributed by atoms with Gasteiger partial charge in [-0.15, -0.1) is 0 Å². The highest BCUT2D eigenvalue weighted by Crippen LogP contribution is 2.24. The first-order valence-corrected chi connectivity index (χ1v) is 7.53. The summed E-state index contributed by atoms with van der Waals surface area (Å²) >= 11 is 0. The molecule has 0 aliphatic rings. The van der Waals surface area contributed by atoms with Crippen molar-refractivity contribution in [2.24, 2.45) is 5.73 Å². The Morgan fingerprint density at radius 3 is 2.24 bits per heavy atom. The van der Waals surface area contributed by atoms with Crippen LogP contribution >= 0.6 is 0 Å². The summed E-state index contributed by atoms with van der Waals surface area (Å²) in [4.78, 5) is 12.8. The van der Waals surface area contributed by atoms with Crippen molar-refractivity contribution in [1.29, 1.82) is 0 Å². The Morgan fingerprint density at radius 2 is 1.71 bits per heavy atom. The van der Waals surface area contributed by atoms with Crippen molar-refractivity contribution >= 4 is 0 Å². The Balaban J connectivity index is 2.68. The molecule has 1 aromatic carbocycles. The van der Waals surface area contributed by atoms with Gasteiger partial charge in [0.25, 0.3) is 5.56 Å². The second-order valence-electron chi connectivity index (χ2n) is 5.76. The van der Waals surface area contributed by atoms with Gasteiger partial charge in [0.05, 0.1) is 5.69 Å². The van der Waals surface area contributed by atoms with Crippen LogP contribution in [0.4, 0.5) is 0 Å². The summed E-state index contributed by atoms with van der Waals surface area (Å²) in [5.74, 6) is 0. The van der Waals surface area contributed by atoms with E-state index < -0.39 is 0 Å². The summed E-state index contributed by atoms with van der Waals surface area (Å²) in [7, 11) is 0. The fourth-order valence-electron chi connectivity index (χ4n) is 2.50. The van der Waals surface area contributed by atoms with Gasteiger partial charge in [-0.05, 0) is 44.9 Å². The van der Waals surface area contributed by atoms with E-state index in [2.05, 4.69) is 45.0 Å². The Bertz CT molecular complexity index is 669. The molecular weight excluding hydrogens is 260 g/mol. The van der Waals surface area contributed by atoms with Crippen LogP contribution in [0.3, 0.4) is 0 Å². The van der Waals surface area contributed by atoms with E-state index in [9.17, 15) is 4.79 Å². The van der Waals surface area contributed by atoms with E-state index in [4.69, 9.17) is 5.73 Å². The minimum Gasteiger partial charge on any atom is -0.324 e. The molecule has 0 bridgehead atoms. The van der Waals surface area contributed by atoms with Gasteiger partial charge in [0.1, 0.15) is 0 Å². The second-order valence-corrected chi connectivity index (χ2v) is 5.76. The van der Waals surface area contributed by atoms with Gasteiger partial charge >= 0.3 is 0 Å². The minimum atomic E-state index is -0.250. The fourth-order valence-corrected chi connectivity index (χ4v) is 2.50. The molecule has 1 heterocycles. The number of nitrogens with zero attached hydrogens (tertiary/aromatic N) is 1. The van der Waals surface area contributed by atoms with Crippen LogP contribution in [0.2, 0.25) is 0 Å². The van der Waals surface area contributed by atoms with Gasteiger partial charge in [0, 0.05) is 17.6 Å². The first kappa shape index (κ1) is 15.5. The highest BCUT2D eigenvalue weighted by atomic mass is 16.1. The second kappa shape index (κ2) is 6.27. The summed E-state index contributed by atoms with van der Waals surface area (Å²) in [6.07, 6.45) is 0.904. The number of hydrogen-bond donors (Lipinski definition) is 1. The Kier molecular flexibility index (Phi) is 4.63. The number of pyridine rings is 1. The maximum Gasteiger partial charge on any atom is 0.256 e. The standard InChI is InChI=1S/C18H24N2O/c1-5-13(3)20-17(15-8-6-12(2)7-9-15)11-10-16(14(4)19)18(20)21/h6-11,13-14H,5,19H2,1-4H3. The third-order valence-corrected chi connectivity index (χ3v) is 4.02. The molecule has 0 radical (unpaired) electrons. The van der Waals surface area contributed by atoms with E-state index in [-0.39, 0.29) is 17.6 Å². The van der Waals surface area contributed by atoms with Gasteiger partial charge in [-0.3, -0.25) is 4.79 Å². The number of nitrogens with two attached hydrogens (primary N) is 1. The van der Waals surface area contributed by atoms with E-state index >= 15 is 0 Å². The molecular formula is C18H24N2O. The zero-order chi connectivity index (χ0) is 15.6. The third kappa shape index (κ3) is 3.08. The Morgan fingerprint density at radius 1 is 1.10 bits per heavy atom. The van der Waals surface area contributed by atoms with Crippen LogP contribution in [0.25, 0.3) is 11.3 Å². The van der Waals surface area contributed by atoms with Crippen LogP contribution in [-0.4, -0.2) is 4.57 Å². The predicted molar refractivity (Wildman–Crippen MR) is 88.5 cm³/mol. The molecule has 3 heteroatoms. The zero-order valence-electron chi connectivity index (χ0n) is 13.3. The van der Waals surface area contributed by atoms with Gasteiger partial charge < -0.3 is 10.3 Å². The molecule has 2 atom stereocenters. The molecule has 0 saturated carbocycles. The first-order valence-electron chi connectivity index (χ1n) is 7.53. The van der Waals surface area contributed by atoms with Crippen LogP contribution in [-0.2, 0) is 0 Å². The van der Waals surface area contributed by atoms with Crippen LogP contribution in [0, 0.1) is 6.92 Å². The highest BCUT2D eigenvalue weighted by molar-refractivity contribution is 5.60. The Hall–Kier alpha value is -1.87. The molecule has 21 heavy (non-hydrogen) atoms. The van der Waals surface area contributed by atoms with Crippen molar-refractivity contribution in [1.82, 2.24) is 4.57 Å². The Labute approximate surface area is 126 Å². The minimum absolute atomic E-state index is 0.0254. The summed E-state index contributed by atoms with van der Waals surface area (Å²) in [5.41, 5.74) is 9.85. The molecule has 2 unspecified atom stereocenters. The fraction of sp³-hybridized carbons (Fsp3) is 0.389. The zero-order valence-corrected chi connectivity index (χ0v) is 13.3. The topological polar surface area (TPSA) is 48.0 Å². The third-order valence-electron chi connectivity index (χ3n) is 4.02. The molecule has 112 valence electrons. The predicted octanol–water partition coefficient (Wildman–Crippen LogP) is 3.81. The molecule has 2 rings (SSSR count). The van der Waals surface area contributed by atoms with Crippen LogP contribution in [0.1, 0.15) is 50.4 Å². The molecule has 0 saturated heterocycles. The number of benzene rings is 1. The lowest BCUT2D eigenvalue weighted by Gasteiger charge is -2.21. The largest absolute Gasteiger partial charge is 0.324 e. The molecule has 2 aromatic rings. The van der Waals surface area contributed by atoms with E-state index in [1.165, 1.54) is 5.56 Å². The van der Waals surface area contributed by atoms with Gasteiger partial charge in [-0.25, -0.2) is 0 Å². The van der Waals surface area contributed by atoms with Crippen molar-refractivity contribution in [3.8, 4) is 11.3 Å². The molecule has 0 fully saturated rings. The van der Waals surface area contributed by atoms with Crippen LogP contribution in [0.5, 0.6) is 0 Å². The van der Waals surface area contributed by atoms with Crippen LogP contribution < -0.4 is 11.3 Å². The van der Waals surface area contributed by atoms with E-state index in [0.29, 0.717) is 5.56 Å². The number of aryl methyl sites for hydroxylation is 1. The maximum atomic E-state index is 12.8. The molecule has 0 aliphatic carbocycles. The van der Waals surface area contributed by atoms with Gasteiger partial charge in [-0.1, -0.05) is 36.8 Å². The lowest BCUT2D eigenvalue weighted by Crippen LogP contribution is -2.30. The average molecular weight is 284 g/mol. The monoisotopic (exact) mass is 284 g/mol. The number of hydrogen-bond acceptors (Lipinski definition) is 2. The highest BCUT2D eigenvalue weighted by Gasteiger charge is 2.16. The van der Waals surface area contributed by atoms with Gasteiger partial charge in [0.15, 0.2) is 0 Å². The SMILES string of the molecule is CCC(C)n1c(-c2ccc(C)cc2)ccc(C(C)N)c1=O. The summed E-state index contributed by atoms with van der Waals surface area (Å²) in [5, 5.41) is 0. The quantitative estimate of drug-likeness (QED) is 0.928. The van der Waals surface area contributed by atoms with E-state index in [1.54, 1.807) is 0 Å². The van der Waals surface area contributed by atoms with Crippen molar-refractivity contribution in [2.75, 3.05) is 0 Å². The molecule has 3 nitrogen and oxygen atoms in total. The summed E-state index contributed by atoms with van der Waals surface area (Å²) in [6, 6.07) is 12.0. The summed E-state index contributed by atoms with van der Waals surface area (Å²) in [6.45, 7) is 8.08. The van der Waals surface area contributed by atoms with Crippen molar-refractivity contribution in [3.05, 3.63) is 57.9 Å². The van der Waals surface area contributed by atoms with Crippen LogP contribution in [0.15, 0.2) is 41.2 Å². The van der Waals surface area contributed by atoms with E-state index in [1.807, 2.05) is 23.6 Å². The smallest absolute Gasteiger partial charge is 0.256 e. The molecule has 0 amide bonds. The van der Waals surface area contributed by atoms with Crippen molar-refractivity contribution in [3.63, 3.8) is 0 Å². The first-order chi connectivity index (χ1) is 9.95. The van der Waals surface area contributed by atoms with Gasteiger partial charge in [-0.2, -0.15) is 0 Å². The molecule has 2 N–H and O–H groups in total. The molecule has 0 aliphatic heterocycles. The van der Waals surface area contributed by atoms with Crippen molar-refractivity contribution < 1.29 is 0 Å². The van der Waals surface area contributed by atoms with E-state index in [0.717, 1.165) is 17.7 Å². The lowest BCUT2D eigenvalue weighted by molar-refractivity contribution is 0.513.